The summed E-state index contributed by atoms with van der Waals surface area (Å²) in [4.78, 5) is 0. The van der Waals surface area contributed by atoms with E-state index in [0.29, 0.717) is 0 Å². The molecule has 0 saturated heterocycles. The highest BCUT2D eigenvalue weighted by Gasteiger charge is 2.50. The number of fused-ring (bicyclic) bond motifs is 11. The highest BCUT2D eigenvalue weighted by Crippen LogP contribution is 2.59. The summed E-state index contributed by atoms with van der Waals surface area (Å²) < 4.78 is 14.1. The first-order chi connectivity index (χ1) is 24.9. The number of aryl methyl sites for hydroxylation is 1. The molecule has 0 N–H and O–H groups in total. The fraction of sp³-hybridized carbons (Fsp3) is 0.167. The average Bonchev–Trinajstić information content (AvgIpc) is 3.75. The monoisotopic (exact) mass is 656 g/mol. The zero-order valence-corrected chi connectivity index (χ0v) is 29.2. The van der Waals surface area contributed by atoms with Crippen LogP contribution in [0.4, 0.5) is 0 Å². The van der Waals surface area contributed by atoms with Gasteiger partial charge in [0.05, 0.1) is 5.41 Å². The quantitative estimate of drug-likeness (QED) is 0.173. The summed E-state index contributed by atoms with van der Waals surface area (Å²) in [7, 11) is 0. The molecule has 0 aromatic heterocycles. The molecule has 2 nitrogen and oxygen atoms in total. The van der Waals surface area contributed by atoms with Gasteiger partial charge < -0.3 is 9.47 Å². The summed E-state index contributed by atoms with van der Waals surface area (Å²) in [6.07, 6.45) is 3.44. The molecule has 51 heavy (non-hydrogen) atoms. The van der Waals surface area contributed by atoms with Crippen molar-refractivity contribution >= 4 is 33.9 Å². The van der Waals surface area contributed by atoms with Gasteiger partial charge in [-0.25, -0.2) is 0 Å². The molecule has 0 spiro atoms. The van der Waals surface area contributed by atoms with E-state index < -0.39 is 5.41 Å². The van der Waals surface area contributed by atoms with Crippen LogP contribution >= 0.6 is 0 Å². The van der Waals surface area contributed by atoms with Gasteiger partial charge >= 0.3 is 0 Å². The molecule has 0 bridgehead atoms. The third-order valence-electron chi connectivity index (χ3n) is 12.1. The van der Waals surface area contributed by atoms with Crippen molar-refractivity contribution in [2.75, 3.05) is 0 Å². The molecule has 0 saturated carbocycles. The smallest absolute Gasteiger partial charge is 0.260 e. The van der Waals surface area contributed by atoms with Crippen molar-refractivity contribution < 1.29 is 9.47 Å². The summed E-state index contributed by atoms with van der Waals surface area (Å²) in [6, 6.07) is 49.8. The van der Waals surface area contributed by atoms with Crippen LogP contribution in [0.25, 0.3) is 21.9 Å². The third-order valence-corrected chi connectivity index (χ3v) is 12.1. The lowest BCUT2D eigenvalue weighted by Gasteiger charge is -2.37. The predicted octanol–water partition coefficient (Wildman–Crippen LogP) is 9.72. The van der Waals surface area contributed by atoms with E-state index in [-0.39, 0.29) is 12.1 Å². The van der Waals surface area contributed by atoms with Crippen LogP contribution in [0.5, 0.6) is 23.0 Å². The van der Waals surface area contributed by atoms with E-state index in [1.54, 1.807) is 0 Å². The summed E-state index contributed by atoms with van der Waals surface area (Å²) in [5.41, 5.74) is 15.2. The maximum Gasteiger partial charge on any atom is 0.260 e. The first-order valence-electron chi connectivity index (χ1n) is 18.4. The Kier molecular flexibility index (Phi) is 5.88. The van der Waals surface area contributed by atoms with E-state index in [0.717, 1.165) is 46.7 Å². The Balaban J connectivity index is 1.25. The first kappa shape index (κ1) is 29.2. The molecule has 2 heterocycles. The maximum atomic E-state index is 7.16. The van der Waals surface area contributed by atoms with Gasteiger partial charge in [-0.05, 0) is 109 Å². The first-order valence-corrected chi connectivity index (χ1v) is 18.4. The molecule has 7 aromatic carbocycles. The molecular weight excluding hydrogens is 619 g/mol. The van der Waals surface area contributed by atoms with Crippen LogP contribution in [0.2, 0.25) is 0 Å². The fourth-order valence-corrected chi connectivity index (χ4v) is 9.84. The van der Waals surface area contributed by atoms with Gasteiger partial charge in [0.15, 0.2) is 0 Å². The second-order valence-corrected chi connectivity index (χ2v) is 15.9. The standard InChI is InChI=1S/C48H37BO2/c1-47(2,3)33-25-42-45-43(26-33)51-46-35-19-11-10-13-30(35)22-24-39(46)49(45)40-27-37-36-23-21-29-14-12-20-34(29)44(36)48(31-15-6-4-7-16-31,32-17-8-5-9-18-32)38(37)28-41(40)50-42/h4-11,13,15-19,21-28H,12,14,20H2,1-3H3. The molecule has 3 heteroatoms. The van der Waals surface area contributed by atoms with Gasteiger partial charge in [0, 0.05) is 10.8 Å². The molecule has 2 aliphatic carbocycles. The van der Waals surface area contributed by atoms with Gasteiger partial charge in [-0.1, -0.05) is 136 Å². The zero-order chi connectivity index (χ0) is 34.1. The maximum absolute atomic E-state index is 7.16. The summed E-state index contributed by atoms with van der Waals surface area (Å²) in [5, 5.41) is 2.33. The predicted molar refractivity (Wildman–Crippen MR) is 210 cm³/mol. The van der Waals surface area contributed by atoms with Crippen LogP contribution in [0.15, 0.2) is 133 Å². The minimum absolute atomic E-state index is 0.0206. The average molecular weight is 657 g/mol. The van der Waals surface area contributed by atoms with E-state index >= 15 is 0 Å². The zero-order valence-electron chi connectivity index (χ0n) is 29.2. The number of hydrogen-bond acceptors (Lipinski definition) is 2. The lowest BCUT2D eigenvalue weighted by atomic mass is 9.34. The van der Waals surface area contributed by atoms with Crippen molar-refractivity contribution in [2.24, 2.45) is 0 Å². The Labute approximate surface area is 299 Å². The molecule has 0 radical (unpaired) electrons. The van der Waals surface area contributed by atoms with E-state index in [2.05, 4.69) is 154 Å². The van der Waals surface area contributed by atoms with Crippen LogP contribution in [-0.4, -0.2) is 6.71 Å². The topological polar surface area (TPSA) is 18.5 Å². The van der Waals surface area contributed by atoms with Crippen LogP contribution in [-0.2, 0) is 23.7 Å². The number of rotatable bonds is 2. The van der Waals surface area contributed by atoms with Gasteiger partial charge in [-0.2, -0.15) is 0 Å². The molecule has 0 fully saturated rings. The van der Waals surface area contributed by atoms with Gasteiger partial charge in [0.2, 0.25) is 0 Å². The lowest BCUT2D eigenvalue weighted by Crippen LogP contribution is -2.57. The second-order valence-electron chi connectivity index (χ2n) is 15.9. The molecular formula is C48H37BO2. The Morgan fingerprint density at radius 1 is 0.608 bits per heavy atom. The van der Waals surface area contributed by atoms with Crippen molar-refractivity contribution in [3.63, 3.8) is 0 Å². The molecule has 244 valence electrons. The van der Waals surface area contributed by atoms with E-state index in [4.69, 9.17) is 9.47 Å². The minimum Gasteiger partial charge on any atom is -0.458 e. The molecule has 0 amide bonds. The second kappa shape index (κ2) is 10.3. The van der Waals surface area contributed by atoms with Gasteiger partial charge in [-0.15, -0.1) is 0 Å². The van der Waals surface area contributed by atoms with Gasteiger partial charge in [0.25, 0.3) is 6.71 Å². The van der Waals surface area contributed by atoms with Crippen molar-refractivity contribution in [2.45, 2.75) is 50.9 Å². The Hall–Kier alpha value is -5.54. The summed E-state index contributed by atoms with van der Waals surface area (Å²) in [6.45, 7) is 6.77. The third kappa shape index (κ3) is 3.90. The Morgan fingerprint density at radius 3 is 2.06 bits per heavy atom. The SMILES string of the molecule is CC(C)(C)c1cc2c3c(c1)Oc1c(ccc4ccccc14)B3c1cc3c(cc1O2)C(c1ccccc1)(c1ccccc1)c1c-3ccc2c1CCC2. The summed E-state index contributed by atoms with van der Waals surface area (Å²) >= 11 is 0. The lowest BCUT2D eigenvalue weighted by molar-refractivity contribution is 0.460. The van der Waals surface area contributed by atoms with Crippen LogP contribution in [0.3, 0.4) is 0 Å². The van der Waals surface area contributed by atoms with E-state index in [1.807, 2.05) is 0 Å². The largest absolute Gasteiger partial charge is 0.458 e. The van der Waals surface area contributed by atoms with Gasteiger partial charge in [-0.3, -0.25) is 0 Å². The highest BCUT2D eigenvalue weighted by molar-refractivity contribution is 6.98. The van der Waals surface area contributed by atoms with Crippen LogP contribution < -0.4 is 25.9 Å². The van der Waals surface area contributed by atoms with E-state index in [9.17, 15) is 0 Å². The molecule has 7 aromatic rings. The van der Waals surface area contributed by atoms with Gasteiger partial charge in [0.1, 0.15) is 23.0 Å². The number of benzene rings is 7. The minimum atomic E-state index is -0.469. The molecule has 0 unspecified atom stereocenters. The van der Waals surface area contributed by atoms with Crippen molar-refractivity contribution in [3.8, 4) is 34.1 Å². The van der Waals surface area contributed by atoms with Crippen molar-refractivity contribution in [1.82, 2.24) is 0 Å². The van der Waals surface area contributed by atoms with Crippen LogP contribution in [0, 0.1) is 0 Å². The molecule has 4 aliphatic rings. The van der Waals surface area contributed by atoms with Crippen molar-refractivity contribution in [1.29, 1.82) is 0 Å². The fourth-order valence-electron chi connectivity index (χ4n) is 9.84. The molecule has 2 aliphatic heterocycles. The molecule has 0 atom stereocenters. The van der Waals surface area contributed by atoms with E-state index in [1.165, 1.54) is 72.8 Å². The van der Waals surface area contributed by atoms with Crippen molar-refractivity contribution in [3.05, 3.63) is 172 Å². The Bertz CT molecular complexity index is 2560. The number of hydrogen-bond donors (Lipinski definition) is 0. The summed E-state index contributed by atoms with van der Waals surface area (Å²) in [5.74, 6) is 3.69. The highest BCUT2D eigenvalue weighted by atomic mass is 16.5. The number of ether oxygens (including phenoxy) is 2. The Morgan fingerprint density at radius 2 is 1.31 bits per heavy atom. The van der Waals surface area contributed by atoms with Crippen LogP contribution in [0.1, 0.15) is 66.1 Å². The normalized spacial score (nSPS) is 15.5. The molecule has 11 rings (SSSR count).